The molecule has 228 valence electrons. The maximum atomic E-state index is 13.6. The Kier molecular flexibility index (Phi) is 8.72. The second kappa shape index (κ2) is 12.5. The predicted octanol–water partition coefficient (Wildman–Crippen LogP) is 5.17. The first-order valence-corrected chi connectivity index (χ1v) is 14.8. The minimum atomic E-state index is -1.05. The summed E-state index contributed by atoms with van der Waals surface area (Å²) in [5.74, 6) is -1.29. The van der Waals surface area contributed by atoms with E-state index >= 15 is 0 Å². The van der Waals surface area contributed by atoms with Crippen molar-refractivity contribution in [2.45, 2.75) is 32.5 Å². The quantitative estimate of drug-likeness (QED) is 0.227. The van der Waals surface area contributed by atoms with Gasteiger partial charge in [-0.25, -0.2) is 9.78 Å². The Hall–Kier alpha value is -4.72. The molecule has 1 aliphatic heterocycles. The normalized spacial score (nSPS) is 14.6. The highest BCUT2D eigenvalue weighted by atomic mass is 35.5. The zero-order valence-corrected chi connectivity index (χ0v) is 25.9. The van der Waals surface area contributed by atoms with Gasteiger partial charge in [0.05, 0.1) is 28.3 Å². The summed E-state index contributed by atoms with van der Waals surface area (Å²) in [5.41, 5.74) is 1.03. The third kappa shape index (κ3) is 6.02. The lowest BCUT2D eigenvalue weighted by Crippen LogP contribution is -2.44. The number of rotatable bonds is 8. The van der Waals surface area contributed by atoms with Crippen LogP contribution in [0.4, 0.5) is 15.5 Å². The Morgan fingerprint density at radius 3 is 2.41 bits per heavy atom. The number of para-hydroxylation sites is 1. The molecule has 1 unspecified atom stereocenters. The number of carbonyl (C=O) groups is 4. The second-order valence-electron chi connectivity index (χ2n) is 10.4. The van der Waals surface area contributed by atoms with Gasteiger partial charge >= 0.3 is 6.09 Å². The van der Waals surface area contributed by atoms with E-state index in [9.17, 15) is 19.2 Å². The molecule has 0 aliphatic carbocycles. The van der Waals surface area contributed by atoms with Gasteiger partial charge < -0.3 is 25.3 Å². The lowest BCUT2D eigenvalue weighted by molar-refractivity contribution is 0.0900. The first-order valence-electron chi connectivity index (χ1n) is 13.6. The predicted molar refractivity (Wildman–Crippen MR) is 166 cm³/mol. The van der Waals surface area contributed by atoms with Gasteiger partial charge in [0.15, 0.2) is 5.82 Å². The fourth-order valence-electron chi connectivity index (χ4n) is 4.69. The van der Waals surface area contributed by atoms with Crippen molar-refractivity contribution >= 4 is 57.6 Å². The maximum Gasteiger partial charge on any atom is 0.431 e. The molecule has 0 spiro atoms. The topological polar surface area (TPSA) is 138 Å². The van der Waals surface area contributed by atoms with Crippen molar-refractivity contribution in [3.63, 3.8) is 0 Å². The first-order chi connectivity index (χ1) is 21.0. The molecule has 1 aliphatic rings. The third-order valence-corrected chi connectivity index (χ3v) is 8.40. The molecule has 3 N–H and O–H groups in total. The third-order valence-electron chi connectivity index (χ3n) is 6.93. The number of hydrazine groups is 1. The van der Waals surface area contributed by atoms with Gasteiger partial charge in [-0.3, -0.25) is 14.4 Å². The Balaban J connectivity index is 1.42. The monoisotopic (exact) mass is 635 g/mol. The van der Waals surface area contributed by atoms with Gasteiger partial charge in [-0.05, 0) is 44.5 Å². The lowest BCUT2D eigenvalue weighted by atomic mass is 9.94. The van der Waals surface area contributed by atoms with Gasteiger partial charge in [0.1, 0.15) is 11.2 Å². The molecule has 0 saturated carbocycles. The van der Waals surface area contributed by atoms with Gasteiger partial charge in [0.25, 0.3) is 17.7 Å². The van der Waals surface area contributed by atoms with Gasteiger partial charge in [0.2, 0.25) is 0 Å². The van der Waals surface area contributed by atoms with Crippen molar-refractivity contribution in [1.29, 1.82) is 0 Å². The zero-order chi connectivity index (χ0) is 31.6. The highest BCUT2D eigenvalue weighted by Gasteiger charge is 2.44. The number of benzene rings is 2. The summed E-state index contributed by atoms with van der Waals surface area (Å²) in [6.07, 6.45) is 1.30. The Morgan fingerprint density at radius 1 is 1.02 bits per heavy atom. The van der Waals surface area contributed by atoms with Crippen LogP contribution in [0.1, 0.15) is 68.7 Å². The van der Waals surface area contributed by atoms with E-state index in [0.717, 1.165) is 26.4 Å². The van der Waals surface area contributed by atoms with E-state index in [4.69, 9.17) is 16.5 Å². The molecule has 0 radical (unpaired) electrons. The van der Waals surface area contributed by atoms with Gasteiger partial charge in [-0.1, -0.05) is 47.0 Å². The molecule has 4 aromatic rings. The van der Waals surface area contributed by atoms with Crippen LogP contribution in [0, 0.1) is 0 Å². The average molecular weight is 636 g/mol. The van der Waals surface area contributed by atoms with Crippen LogP contribution in [0.25, 0.3) is 0 Å². The molecule has 2 aromatic heterocycles. The molecule has 0 fully saturated rings. The summed E-state index contributed by atoms with van der Waals surface area (Å²) in [6, 6.07) is 17.6. The molecule has 12 nitrogen and oxygen atoms in total. The van der Waals surface area contributed by atoms with E-state index in [0.29, 0.717) is 15.4 Å². The number of carbonyl (C=O) groups excluding carboxylic acids is 4. The number of aryl methyl sites for hydroxylation is 1. The van der Waals surface area contributed by atoms with Crippen molar-refractivity contribution in [2.75, 3.05) is 16.9 Å². The number of thiophene rings is 1. The molecule has 0 bridgehead atoms. The Bertz CT molecular complexity index is 1720. The number of ether oxygens (including phenoxy) is 1. The molecule has 44 heavy (non-hydrogen) atoms. The molecule has 2 aromatic carbocycles. The largest absolute Gasteiger partial charge is 0.448 e. The van der Waals surface area contributed by atoms with E-state index < -0.39 is 29.6 Å². The summed E-state index contributed by atoms with van der Waals surface area (Å²) >= 11 is 7.65. The molecular formula is C30H30ClN7O5S. The fourth-order valence-corrected chi connectivity index (χ4v) is 6.10. The maximum absolute atomic E-state index is 13.6. The van der Waals surface area contributed by atoms with Crippen molar-refractivity contribution in [2.24, 2.45) is 7.05 Å². The molecular weight excluding hydrogens is 606 g/mol. The van der Waals surface area contributed by atoms with Gasteiger partial charge in [-0.15, -0.1) is 11.3 Å². The Morgan fingerprint density at radius 2 is 1.73 bits per heavy atom. The highest BCUT2D eigenvalue weighted by molar-refractivity contribution is 7.18. The van der Waals surface area contributed by atoms with Crippen LogP contribution >= 0.6 is 23.1 Å². The zero-order valence-electron chi connectivity index (χ0n) is 24.3. The fraction of sp³-hybridized carbons (Fsp3) is 0.233. The van der Waals surface area contributed by atoms with Crippen molar-refractivity contribution < 1.29 is 23.9 Å². The number of aromatic nitrogens is 2. The van der Waals surface area contributed by atoms with E-state index in [-0.39, 0.29) is 29.6 Å². The van der Waals surface area contributed by atoms with E-state index in [1.165, 1.54) is 6.20 Å². The molecule has 4 amide bonds. The van der Waals surface area contributed by atoms with Crippen molar-refractivity contribution in [1.82, 2.24) is 24.7 Å². The van der Waals surface area contributed by atoms with E-state index in [2.05, 4.69) is 20.9 Å². The van der Waals surface area contributed by atoms with Crippen molar-refractivity contribution in [3.05, 3.63) is 100 Å². The average Bonchev–Trinajstić information content (AvgIpc) is 3.69. The van der Waals surface area contributed by atoms with Gasteiger partial charge in [0, 0.05) is 36.8 Å². The standard InChI is InChI=1S/C30H30ClN7O5S/c1-5-43-29(42)37-28-20(17-22(44-28)26(40)35-30(2,3)18-11-7-6-8-12-18)23(38(37)31)34-25(39)19-13-9-10-14-21(19)33-27(41)24-32-15-16-36(24)4/h6-17,23H,5H2,1-4H3,(H,33,41)(H,34,39)(H,35,40). The van der Waals surface area contributed by atoms with Crippen LogP contribution in [0.15, 0.2) is 73.1 Å². The van der Waals surface area contributed by atoms with E-state index in [1.807, 2.05) is 44.2 Å². The van der Waals surface area contributed by atoms with E-state index in [1.54, 1.807) is 55.1 Å². The number of halogens is 1. The molecule has 3 heterocycles. The number of hydrogen-bond acceptors (Lipinski definition) is 8. The van der Waals surface area contributed by atoms with Crippen LogP contribution in [0.5, 0.6) is 0 Å². The number of hydrogen-bond donors (Lipinski definition) is 3. The van der Waals surface area contributed by atoms with Crippen LogP contribution in [-0.2, 0) is 17.3 Å². The summed E-state index contributed by atoms with van der Waals surface area (Å²) < 4.78 is 7.78. The Labute approximate surface area is 262 Å². The van der Waals surface area contributed by atoms with Crippen LogP contribution in [0.3, 0.4) is 0 Å². The van der Waals surface area contributed by atoms with Crippen LogP contribution < -0.4 is 21.0 Å². The molecule has 0 saturated heterocycles. The lowest BCUT2D eigenvalue weighted by Gasteiger charge is -2.27. The van der Waals surface area contributed by atoms with Gasteiger partial charge in [-0.2, -0.15) is 5.01 Å². The summed E-state index contributed by atoms with van der Waals surface area (Å²) in [4.78, 5) is 57.2. The first kappa shape index (κ1) is 30.7. The number of anilines is 2. The smallest absolute Gasteiger partial charge is 0.431 e. The highest BCUT2D eigenvalue weighted by Crippen LogP contribution is 2.46. The summed E-state index contributed by atoms with van der Waals surface area (Å²) in [6.45, 7) is 5.52. The number of nitrogens with zero attached hydrogens (tertiary/aromatic N) is 4. The minimum Gasteiger partial charge on any atom is -0.448 e. The number of fused-ring (bicyclic) bond motifs is 1. The minimum absolute atomic E-state index is 0.0828. The number of amides is 4. The number of nitrogens with one attached hydrogen (secondary N) is 3. The summed E-state index contributed by atoms with van der Waals surface area (Å²) in [7, 11) is 1.68. The SMILES string of the molecule is CCOC(=O)N1c2sc(C(=O)NC(C)(C)c3ccccc3)cc2C(NC(=O)c2ccccc2NC(=O)c2nccn2C)N1Cl. The van der Waals surface area contributed by atoms with Crippen molar-refractivity contribution in [3.8, 4) is 0 Å². The molecule has 1 atom stereocenters. The van der Waals surface area contributed by atoms with Crippen LogP contribution in [0.2, 0.25) is 0 Å². The number of imidazole rings is 1. The molecule has 14 heteroatoms. The van der Waals surface area contributed by atoms with Crippen LogP contribution in [-0.4, -0.2) is 44.5 Å². The molecule has 5 rings (SSSR count). The summed E-state index contributed by atoms with van der Waals surface area (Å²) in [5, 5.41) is 9.98. The second-order valence-corrected chi connectivity index (χ2v) is 11.7.